The van der Waals surface area contributed by atoms with Crippen LogP contribution < -0.4 is 10.2 Å². The lowest BCUT2D eigenvalue weighted by molar-refractivity contribution is 0.144. The first-order chi connectivity index (χ1) is 15.8. The third-order valence-corrected chi connectivity index (χ3v) is 5.50. The van der Waals surface area contributed by atoms with Crippen LogP contribution in [0.1, 0.15) is 116 Å². The molecule has 1 aromatic carbocycles. The van der Waals surface area contributed by atoms with E-state index < -0.39 is 6.09 Å². The molecule has 0 unspecified atom stereocenters. The highest BCUT2D eigenvalue weighted by molar-refractivity contribution is 5.81. The first-order valence-electron chi connectivity index (χ1n) is 12.9. The van der Waals surface area contributed by atoms with Crippen LogP contribution in [-0.2, 0) is 4.74 Å². The van der Waals surface area contributed by atoms with Crippen molar-refractivity contribution in [3.05, 3.63) is 29.8 Å². The standard InChI is InChI=1S/C27H46N2O3/c1-3-5-7-9-11-13-15-17-23-32-27(30)29-28-24-25-18-20-26(21-19-25)31-22-16-14-12-10-8-6-4-2/h18-21,24H,3-17,22-23H2,1-2H3,(H,29,30). The molecule has 5 nitrogen and oxygen atoms in total. The Bertz CT molecular complexity index is 587. The summed E-state index contributed by atoms with van der Waals surface area (Å²) in [6.45, 7) is 5.68. The number of nitrogens with one attached hydrogen (secondary N) is 1. The largest absolute Gasteiger partial charge is 0.494 e. The zero-order valence-electron chi connectivity index (χ0n) is 20.6. The number of hydrogen-bond donors (Lipinski definition) is 1. The van der Waals surface area contributed by atoms with Crippen LogP contribution in [0.2, 0.25) is 0 Å². The highest BCUT2D eigenvalue weighted by atomic mass is 16.5. The van der Waals surface area contributed by atoms with Crippen molar-refractivity contribution in [2.24, 2.45) is 5.10 Å². The third kappa shape index (κ3) is 16.6. The molecule has 1 amide bonds. The van der Waals surface area contributed by atoms with Gasteiger partial charge in [-0.1, -0.05) is 97.3 Å². The monoisotopic (exact) mass is 446 g/mol. The Labute approximate surface area is 196 Å². The Hall–Kier alpha value is -2.04. The van der Waals surface area contributed by atoms with E-state index in [0.717, 1.165) is 37.2 Å². The molecule has 1 rings (SSSR count). The molecule has 1 aromatic rings. The van der Waals surface area contributed by atoms with Crippen LogP contribution in [0.25, 0.3) is 0 Å². The van der Waals surface area contributed by atoms with Gasteiger partial charge in [0.15, 0.2) is 0 Å². The van der Waals surface area contributed by atoms with Crippen molar-refractivity contribution in [3.63, 3.8) is 0 Å². The Kier molecular flexibility index (Phi) is 18.2. The van der Waals surface area contributed by atoms with Gasteiger partial charge in [-0.15, -0.1) is 0 Å². The predicted octanol–water partition coefficient (Wildman–Crippen LogP) is 8.02. The first kappa shape index (κ1) is 28.0. The van der Waals surface area contributed by atoms with Crippen molar-refractivity contribution in [1.29, 1.82) is 0 Å². The van der Waals surface area contributed by atoms with Crippen LogP contribution in [0.4, 0.5) is 4.79 Å². The van der Waals surface area contributed by atoms with E-state index in [0.29, 0.717) is 6.61 Å². The van der Waals surface area contributed by atoms with Gasteiger partial charge in [0.25, 0.3) is 0 Å². The summed E-state index contributed by atoms with van der Waals surface area (Å²) in [7, 11) is 0. The van der Waals surface area contributed by atoms with Gasteiger partial charge in [-0.05, 0) is 42.7 Å². The molecule has 0 aliphatic heterocycles. The van der Waals surface area contributed by atoms with Gasteiger partial charge in [0.2, 0.25) is 0 Å². The topological polar surface area (TPSA) is 59.9 Å². The second-order valence-electron chi connectivity index (χ2n) is 8.52. The Balaban J connectivity index is 2.04. The van der Waals surface area contributed by atoms with Gasteiger partial charge in [-0.3, -0.25) is 0 Å². The average Bonchev–Trinajstić information content (AvgIpc) is 2.80. The summed E-state index contributed by atoms with van der Waals surface area (Å²) in [6, 6.07) is 7.72. The van der Waals surface area contributed by atoms with Gasteiger partial charge >= 0.3 is 6.09 Å². The molecule has 0 aliphatic rings. The molecule has 0 radical (unpaired) electrons. The zero-order chi connectivity index (χ0) is 23.1. The van der Waals surface area contributed by atoms with Crippen LogP contribution in [0.3, 0.4) is 0 Å². The molecule has 0 fully saturated rings. The van der Waals surface area contributed by atoms with Gasteiger partial charge in [0.05, 0.1) is 19.4 Å². The lowest BCUT2D eigenvalue weighted by atomic mass is 10.1. The van der Waals surface area contributed by atoms with Crippen LogP contribution in [0, 0.1) is 0 Å². The molecule has 0 spiro atoms. The number of ether oxygens (including phenoxy) is 2. The first-order valence-corrected chi connectivity index (χ1v) is 12.9. The van der Waals surface area contributed by atoms with Crippen molar-refractivity contribution in [2.75, 3.05) is 13.2 Å². The van der Waals surface area contributed by atoms with E-state index in [1.54, 1.807) is 6.21 Å². The summed E-state index contributed by atoms with van der Waals surface area (Å²) in [4.78, 5) is 11.7. The van der Waals surface area contributed by atoms with E-state index in [2.05, 4.69) is 24.4 Å². The molecule has 0 heterocycles. The summed E-state index contributed by atoms with van der Waals surface area (Å²) in [5.74, 6) is 0.867. The lowest BCUT2D eigenvalue weighted by Gasteiger charge is -2.06. The predicted molar refractivity (Wildman–Crippen MR) is 135 cm³/mol. The fraction of sp³-hybridized carbons (Fsp3) is 0.704. The SMILES string of the molecule is CCCCCCCCCCOC(=O)NN=Cc1ccc(OCCCCCCCCC)cc1. The average molecular weight is 447 g/mol. The highest BCUT2D eigenvalue weighted by Gasteiger charge is 2.00. The van der Waals surface area contributed by atoms with Crippen molar-refractivity contribution >= 4 is 12.3 Å². The molecule has 32 heavy (non-hydrogen) atoms. The quantitative estimate of drug-likeness (QED) is 0.125. The maximum atomic E-state index is 11.7. The van der Waals surface area contributed by atoms with Gasteiger partial charge in [0.1, 0.15) is 5.75 Å². The van der Waals surface area contributed by atoms with Crippen LogP contribution in [-0.4, -0.2) is 25.5 Å². The van der Waals surface area contributed by atoms with Crippen molar-refractivity contribution in [1.82, 2.24) is 5.43 Å². The Morgan fingerprint density at radius 3 is 1.81 bits per heavy atom. The van der Waals surface area contributed by atoms with E-state index in [1.807, 2.05) is 24.3 Å². The van der Waals surface area contributed by atoms with E-state index in [-0.39, 0.29) is 0 Å². The molecule has 1 N–H and O–H groups in total. The van der Waals surface area contributed by atoms with Crippen molar-refractivity contribution < 1.29 is 14.3 Å². The summed E-state index contributed by atoms with van der Waals surface area (Å²) in [5.41, 5.74) is 3.31. The van der Waals surface area contributed by atoms with E-state index >= 15 is 0 Å². The minimum atomic E-state index is -0.501. The van der Waals surface area contributed by atoms with Crippen molar-refractivity contribution in [3.8, 4) is 5.75 Å². The summed E-state index contributed by atoms with van der Waals surface area (Å²) in [6.07, 6.45) is 19.8. The number of unbranched alkanes of at least 4 members (excludes halogenated alkanes) is 13. The number of nitrogens with zero attached hydrogens (tertiary/aromatic N) is 1. The Morgan fingerprint density at radius 2 is 1.25 bits per heavy atom. The van der Waals surface area contributed by atoms with E-state index in [1.165, 1.54) is 77.0 Å². The number of benzene rings is 1. The maximum Gasteiger partial charge on any atom is 0.427 e. The summed E-state index contributed by atoms with van der Waals surface area (Å²) >= 11 is 0. The van der Waals surface area contributed by atoms with Crippen LogP contribution in [0.5, 0.6) is 5.75 Å². The molecule has 5 heteroatoms. The van der Waals surface area contributed by atoms with Crippen LogP contribution in [0.15, 0.2) is 29.4 Å². The number of hydrazone groups is 1. The number of rotatable bonds is 20. The summed E-state index contributed by atoms with van der Waals surface area (Å²) < 4.78 is 10.9. The normalized spacial score (nSPS) is 11.1. The third-order valence-electron chi connectivity index (χ3n) is 5.50. The second kappa shape index (κ2) is 20.8. The molecular weight excluding hydrogens is 400 g/mol. The second-order valence-corrected chi connectivity index (χ2v) is 8.52. The van der Waals surface area contributed by atoms with Crippen molar-refractivity contribution in [2.45, 2.75) is 110 Å². The smallest absolute Gasteiger partial charge is 0.427 e. The van der Waals surface area contributed by atoms with E-state index in [9.17, 15) is 4.79 Å². The highest BCUT2D eigenvalue weighted by Crippen LogP contribution is 2.13. The molecule has 0 saturated carbocycles. The van der Waals surface area contributed by atoms with Gasteiger partial charge < -0.3 is 9.47 Å². The zero-order valence-corrected chi connectivity index (χ0v) is 20.6. The van der Waals surface area contributed by atoms with Gasteiger partial charge in [-0.25, -0.2) is 10.2 Å². The fourth-order valence-electron chi connectivity index (χ4n) is 3.49. The molecule has 0 saturated heterocycles. The number of carbonyl (C=O) groups is 1. The summed E-state index contributed by atoms with van der Waals surface area (Å²) in [5, 5.41) is 3.95. The molecule has 0 aromatic heterocycles. The minimum Gasteiger partial charge on any atom is -0.494 e. The maximum absolute atomic E-state index is 11.7. The number of carbonyl (C=O) groups excluding carboxylic acids is 1. The molecule has 0 atom stereocenters. The molecule has 0 aliphatic carbocycles. The molecular formula is C27H46N2O3. The molecule has 182 valence electrons. The van der Waals surface area contributed by atoms with Gasteiger partial charge in [0, 0.05) is 0 Å². The molecule has 0 bridgehead atoms. The number of hydrogen-bond acceptors (Lipinski definition) is 4. The van der Waals surface area contributed by atoms with Crippen LogP contribution >= 0.6 is 0 Å². The number of amides is 1. The fourth-order valence-corrected chi connectivity index (χ4v) is 3.49. The minimum absolute atomic E-state index is 0.446. The van der Waals surface area contributed by atoms with E-state index in [4.69, 9.17) is 9.47 Å². The lowest BCUT2D eigenvalue weighted by Crippen LogP contribution is -2.19. The Morgan fingerprint density at radius 1 is 0.750 bits per heavy atom. The van der Waals surface area contributed by atoms with Gasteiger partial charge in [-0.2, -0.15) is 5.10 Å².